The maximum Gasteiger partial charge on any atom is 0.227 e. The quantitative estimate of drug-likeness (QED) is 0.879. The van der Waals surface area contributed by atoms with Crippen molar-refractivity contribution in [2.24, 2.45) is 5.73 Å². The van der Waals surface area contributed by atoms with Crippen molar-refractivity contribution in [1.82, 2.24) is 9.80 Å². The standard InChI is InChI=1S/C16H25N3O/c1-2-7-18-8-10-19(11-9-18)16(20)12-14-5-3-4-6-15(14)13-17/h3-6H,2,7-13,17H2,1H3. The van der Waals surface area contributed by atoms with E-state index in [4.69, 9.17) is 5.73 Å². The number of piperazine rings is 1. The Labute approximate surface area is 121 Å². The van der Waals surface area contributed by atoms with Crippen LogP contribution in [0.2, 0.25) is 0 Å². The van der Waals surface area contributed by atoms with Crippen LogP contribution >= 0.6 is 0 Å². The number of carbonyl (C=O) groups excluding carboxylic acids is 1. The Hall–Kier alpha value is -1.39. The Kier molecular flexibility index (Phi) is 5.56. The molecule has 0 aromatic heterocycles. The minimum atomic E-state index is 0.224. The minimum Gasteiger partial charge on any atom is -0.340 e. The number of benzene rings is 1. The predicted molar refractivity (Wildman–Crippen MR) is 81.3 cm³/mol. The molecule has 0 spiro atoms. The molecule has 1 fully saturated rings. The van der Waals surface area contributed by atoms with Gasteiger partial charge >= 0.3 is 0 Å². The lowest BCUT2D eigenvalue weighted by molar-refractivity contribution is -0.132. The first-order valence-corrected chi connectivity index (χ1v) is 7.51. The van der Waals surface area contributed by atoms with E-state index in [1.165, 1.54) is 6.42 Å². The predicted octanol–water partition coefficient (Wildman–Crippen LogP) is 1.24. The topological polar surface area (TPSA) is 49.6 Å². The van der Waals surface area contributed by atoms with Crippen LogP contribution in [0.1, 0.15) is 24.5 Å². The maximum atomic E-state index is 12.4. The summed E-state index contributed by atoms with van der Waals surface area (Å²) in [5.74, 6) is 0.224. The average Bonchev–Trinajstić information content (AvgIpc) is 2.49. The summed E-state index contributed by atoms with van der Waals surface area (Å²) < 4.78 is 0. The van der Waals surface area contributed by atoms with Crippen LogP contribution in [-0.2, 0) is 17.8 Å². The van der Waals surface area contributed by atoms with E-state index in [0.29, 0.717) is 13.0 Å². The molecule has 0 bridgehead atoms. The molecule has 20 heavy (non-hydrogen) atoms. The lowest BCUT2D eigenvalue weighted by Gasteiger charge is -2.34. The van der Waals surface area contributed by atoms with Crippen LogP contribution in [0.4, 0.5) is 0 Å². The molecule has 4 nitrogen and oxygen atoms in total. The van der Waals surface area contributed by atoms with Crippen molar-refractivity contribution in [1.29, 1.82) is 0 Å². The third-order valence-electron chi connectivity index (χ3n) is 3.94. The zero-order valence-corrected chi connectivity index (χ0v) is 12.3. The SMILES string of the molecule is CCCN1CCN(C(=O)Cc2ccccc2CN)CC1. The third kappa shape index (κ3) is 3.81. The van der Waals surface area contributed by atoms with Crippen molar-refractivity contribution >= 4 is 5.91 Å². The number of nitrogens with two attached hydrogens (primary N) is 1. The number of hydrogen-bond donors (Lipinski definition) is 1. The van der Waals surface area contributed by atoms with Gasteiger partial charge in [-0.2, -0.15) is 0 Å². The fourth-order valence-electron chi connectivity index (χ4n) is 2.74. The minimum absolute atomic E-state index is 0.224. The van der Waals surface area contributed by atoms with Crippen LogP contribution in [0, 0.1) is 0 Å². The zero-order valence-electron chi connectivity index (χ0n) is 12.3. The zero-order chi connectivity index (χ0) is 14.4. The first kappa shape index (κ1) is 15.0. The van der Waals surface area contributed by atoms with Crippen LogP contribution < -0.4 is 5.73 Å². The van der Waals surface area contributed by atoms with Gasteiger partial charge in [-0.05, 0) is 24.1 Å². The molecule has 0 unspecified atom stereocenters. The van der Waals surface area contributed by atoms with Crippen LogP contribution in [0.3, 0.4) is 0 Å². The van der Waals surface area contributed by atoms with E-state index < -0.39 is 0 Å². The van der Waals surface area contributed by atoms with Gasteiger partial charge in [0.2, 0.25) is 5.91 Å². The maximum absolute atomic E-state index is 12.4. The summed E-state index contributed by atoms with van der Waals surface area (Å²) in [5.41, 5.74) is 7.87. The van der Waals surface area contributed by atoms with Gasteiger partial charge in [-0.15, -0.1) is 0 Å². The molecule has 1 amide bonds. The summed E-state index contributed by atoms with van der Waals surface area (Å²) >= 11 is 0. The first-order valence-electron chi connectivity index (χ1n) is 7.51. The molecule has 1 heterocycles. The summed E-state index contributed by atoms with van der Waals surface area (Å²) in [4.78, 5) is 16.8. The first-order chi connectivity index (χ1) is 9.74. The molecule has 1 aliphatic rings. The van der Waals surface area contributed by atoms with Crippen molar-refractivity contribution in [2.45, 2.75) is 26.3 Å². The van der Waals surface area contributed by atoms with Crippen LogP contribution in [0.15, 0.2) is 24.3 Å². The van der Waals surface area contributed by atoms with Crippen LogP contribution in [-0.4, -0.2) is 48.4 Å². The van der Waals surface area contributed by atoms with E-state index >= 15 is 0 Å². The van der Waals surface area contributed by atoms with Crippen molar-refractivity contribution in [3.8, 4) is 0 Å². The number of rotatable bonds is 5. The Balaban J connectivity index is 1.89. The number of amides is 1. The Bertz CT molecular complexity index is 439. The highest BCUT2D eigenvalue weighted by atomic mass is 16.2. The molecule has 1 saturated heterocycles. The Morgan fingerprint density at radius 3 is 2.40 bits per heavy atom. The molecule has 0 radical (unpaired) electrons. The molecular weight excluding hydrogens is 250 g/mol. The number of carbonyl (C=O) groups is 1. The van der Waals surface area contributed by atoms with E-state index in [2.05, 4.69) is 11.8 Å². The lowest BCUT2D eigenvalue weighted by atomic mass is 10.0. The second kappa shape index (κ2) is 7.41. The van der Waals surface area contributed by atoms with Crippen molar-refractivity contribution in [3.05, 3.63) is 35.4 Å². The van der Waals surface area contributed by atoms with E-state index in [9.17, 15) is 4.79 Å². The molecule has 4 heteroatoms. The molecule has 0 saturated carbocycles. The van der Waals surface area contributed by atoms with Gasteiger partial charge in [0.1, 0.15) is 0 Å². The van der Waals surface area contributed by atoms with E-state index in [1.54, 1.807) is 0 Å². The smallest absolute Gasteiger partial charge is 0.227 e. The van der Waals surface area contributed by atoms with Crippen LogP contribution in [0.25, 0.3) is 0 Å². The van der Waals surface area contributed by atoms with E-state index in [1.807, 2.05) is 29.2 Å². The van der Waals surface area contributed by atoms with E-state index in [-0.39, 0.29) is 5.91 Å². The van der Waals surface area contributed by atoms with Gasteiger partial charge in [0.25, 0.3) is 0 Å². The summed E-state index contributed by atoms with van der Waals surface area (Å²) in [5, 5.41) is 0. The molecular formula is C16H25N3O. The Morgan fingerprint density at radius 2 is 1.80 bits per heavy atom. The third-order valence-corrected chi connectivity index (χ3v) is 3.94. The fraction of sp³-hybridized carbons (Fsp3) is 0.562. The second-order valence-electron chi connectivity index (χ2n) is 5.37. The molecule has 2 rings (SSSR count). The summed E-state index contributed by atoms with van der Waals surface area (Å²) in [6.45, 7) is 7.52. The van der Waals surface area contributed by atoms with Crippen molar-refractivity contribution in [2.75, 3.05) is 32.7 Å². The van der Waals surface area contributed by atoms with Gasteiger partial charge in [0, 0.05) is 32.7 Å². The fourth-order valence-corrected chi connectivity index (χ4v) is 2.74. The molecule has 1 aliphatic heterocycles. The highest BCUT2D eigenvalue weighted by Gasteiger charge is 2.20. The van der Waals surface area contributed by atoms with Crippen molar-refractivity contribution in [3.63, 3.8) is 0 Å². The highest BCUT2D eigenvalue weighted by Crippen LogP contribution is 2.11. The lowest BCUT2D eigenvalue weighted by Crippen LogP contribution is -2.49. The summed E-state index contributed by atoms with van der Waals surface area (Å²) in [7, 11) is 0. The number of nitrogens with zero attached hydrogens (tertiary/aromatic N) is 2. The van der Waals surface area contributed by atoms with Gasteiger partial charge < -0.3 is 10.6 Å². The summed E-state index contributed by atoms with van der Waals surface area (Å²) in [6.07, 6.45) is 1.65. The molecule has 2 N–H and O–H groups in total. The van der Waals surface area contributed by atoms with Gasteiger partial charge in [-0.1, -0.05) is 31.2 Å². The van der Waals surface area contributed by atoms with Gasteiger partial charge in [0.15, 0.2) is 0 Å². The molecule has 0 aliphatic carbocycles. The summed E-state index contributed by atoms with van der Waals surface area (Å²) in [6, 6.07) is 7.95. The van der Waals surface area contributed by atoms with Gasteiger partial charge in [0.05, 0.1) is 6.42 Å². The van der Waals surface area contributed by atoms with E-state index in [0.717, 1.165) is 43.9 Å². The van der Waals surface area contributed by atoms with Crippen LogP contribution in [0.5, 0.6) is 0 Å². The molecule has 1 aromatic rings. The van der Waals surface area contributed by atoms with Gasteiger partial charge in [-0.25, -0.2) is 0 Å². The Morgan fingerprint density at radius 1 is 1.15 bits per heavy atom. The highest BCUT2D eigenvalue weighted by molar-refractivity contribution is 5.79. The molecule has 1 aromatic carbocycles. The monoisotopic (exact) mass is 275 g/mol. The van der Waals surface area contributed by atoms with Gasteiger partial charge in [-0.3, -0.25) is 9.69 Å². The normalized spacial score (nSPS) is 16.4. The number of hydrogen-bond acceptors (Lipinski definition) is 3. The molecule has 110 valence electrons. The van der Waals surface area contributed by atoms with Crippen molar-refractivity contribution < 1.29 is 4.79 Å². The average molecular weight is 275 g/mol. The largest absolute Gasteiger partial charge is 0.340 e. The molecule has 0 atom stereocenters. The second-order valence-corrected chi connectivity index (χ2v) is 5.37.